The van der Waals surface area contributed by atoms with Gasteiger partial charge in [0.15, 0.2) is 0 Å². The van der Waals surface area contributed by atoms with Gasteiger partial charge in [0, 0.05) is 16.8 Å². The summed E-state index contributed by atoms with van der Waals surface area (Å²) in [7, 11) is 0. The number of rotatable bonds is 4. The molecule has 0 radical (unpaired) electrons. The highest BCUT2D eigenvalue weighted by Crippen LogP contribution is 2.15. The third-order valence-corrected chi connectivity index (χ3v) is 2.70. The second-order valence-electron chi connectivity index (χ2n) is 3.19. The minimum Gasteiger partial charge on any atom is -0.768 e. The normalized spacial score (nSPS) is 13.6. The Morgan fingerprint density at radius 1 is 1.50 bits per heavy atom. The summed E-state index contributed by atoms with van der Waals surface area (Å²) in [6.45, 7) is 1.92. The maximum absolute atomic E-state index is 10.6. The molecule has 1 atom stereocenters. The number of hydrogen-bond donors (Lipinski definition) is 2. The topological polar surface area (TPSA) is 95.4 Å². The second kappa shape index (κ2) is 5.64. The zero-order chi connectivity index (χ0) is 12.1. The molecule has 88 valence electrons. The van der Waals surface area contributed by atoms with Crippen LogP contribution in [0.2, 0.25) is 0 Å². The molecule has 0 aromatic heterocycles. The molecule has 0 aliphatic rings. The number of allylic oxidation sites excluding steroid dienone is 1. The average molecular weight is 240 g/mol. The van der Waals surface area contributed by atoms with E-state index in [2.05, 4.69) is 0 Å². The molecule has 1 unspecified atom stereocenters. The van der Waals surface area contributed by atoms with Gasteiger partial charge in [-0.25, -0.2) is 5.84 Å². The Bertz CT molecular complexity index is 403. The zero-order valence-corrected chi connectivity index (χ0v) is 9.74. The Balaban J connectivity index is 2.85. The third-order valence-electron chi connectivity index (χ3n) is 2.04. The highest BCUT2D eigenvalue weighted by atomic mass is 32.2. The molecule has 0 aliphatic carbocycles. The van der Waals surface area contributed by atoms with E-state index in [-0.39, 0.29) is 4.90 Å². The number of anilines is 1. The first-order valence-corrected chi connectivity index (χ1v) is 5.81. The van der Waals surface area contributed by atoms with E-state index in [1.54, 1.807) is 18.3 Å². The Kier molecular flexibility index (Phi) is 4.48. The second-order valence-corrected chi connectivity index (χ2v) is 4.13. The summed E-state index contributed by atoms with van der Waals surface area (Å²) < 4.78 is 21.3. The minimum absolute atomic E-state index is 0.226. The zero-order valence-electron chi connectivity index (χ0n) is 8.92. The van der Waals surface area contributed by atoms with Crippen molar-refractivity contribution < 1.29 is 8.76 Å². The van der Waals surface area contributed by atoms with Crippen molar-refractivity contribution >= 4 is 16.8 Å². The van der Waals surface area contributed by atoms with Crippen LogP contribution in [0.15, 0.2) is 41.1 Å². The monoisotopic (exact) mass is 240 g/mol. The van der Waals surface area contributed by atoms with Crippen molar-refractivity contribution in [2.45, 2.75) is 18.2 Å². The minimum atomic E-state index is -2.21. The molecule has 6 heteroatoms. The Labute approximate surface area is 97.0 Å². The van der Waals surface area contributed by atoms with E-state index in [1.807, 2.05) is 6.92 Å². The van der Waals surface area contributed by atoms with Gasteiger partial charge in [0.1, 0.15) is 0 Å². The van der Waals surface area contributed by atoms with E-state index in [0.717, 1.165) is 0 Å². The van der Waals surface area contributed by atoms with Crippen LogP contribution >= 0.6 is 0 Å². The molecule has 0 heterocycles. The first-order chi connectivity index (χ1) is 7.54. The number of benzene rings is 1. The van der Waals surface area contributed by atoms with Crippen LogP contribution in [0.5, 0.6) is 0 Å². The van der Waals surface area contributed by atoms with E-state index < -0.39 is 11.1 Å². The number of hydrazine groups is 1. The number of nitrogens with two attached hydrogens (primary N) is 2. The lowest BCUT2D eigenvalue weighted by molar-refractivity contribution is 0.537. The molecule has 0 amide bonds. The van der Waals surface area contributed by atoms with E-state index in [1.165, 1.54) is 17.1 Å². The fourth-order valence-electron chi connectivity index (χ4n) is 1.07. The summed E-state index contributed by atoms with van der Waals surface area (Å²) in [6.07, 6.45) is 2.31. The molecule has 1 aromatic carbocycles. The molecule has 0 bridgehead atoms. The molecule has 0 spiro atoms. The molecule has 0 aliphatic heterocycles. The van der Waals surface area contributed by atoms with Crippen molar-refractivity contribution in [3.8, 4) is 0 Å². The van der Waals surface area contributed by atoms with Crippen LogP contribution in [0.25, 0.3) is 0 Å². The van der Waals surface area contributed by atoms with Gasteiger partial charge >= 0.3 is 0 Å². The van der Waals surface area contributed by atoms with Gasteiger partial charge in [0.25, 0.3) is 0 Å². The first kappa shape index (κ1) is 12.7. The van der Waals surface area contributed by atoms with Crippen LogP contribution in [0.1, 0.15) is 13.3 Å². The van der Waals surface area contributed by atoms with Crippen LogP contribution in [-0.4, -0.2) is 8.76 Å². The summed E-state index contributed by atoms with van der Waals surface area (Å²) in [6, 6.07) is 6.19. The average Bonchev–Trinajstić information content (AvgIpc) is 2.28. The van der Waals surface area contributed by atoms with Crippen LogP contribution in [0, 0.1) is 0 Å². The third kappa shape index (κ3) is 3.34. The van der Waals surface area contributed by atoms with E-state index in [9.17, 15) is 8.76 Å². The maximum Gasteiger partial charge on any atom is 0.0569 e. The fraction of sp³-hybridized carbons (Fsp3) is 0.200. The van der Waals surface area contributed by atoms with Crippen LogP contribution in [0.3, 0.4) is 0 Å². The Morgan fingerprint density at radius 2 is 2.06 bits per heavy atom. The molecule has 16 heavy (non-hydrogen) atoms. The lowest BCUT2D eigenvalue weighted by atomic mass is 10.3. The molecular formula is C10H14N3O2S-. The van der Waals surface area contributed by atoms with Gasteiger partial charge in [-0.2, -0.15) is 0 Å². The van der Waals surface area contributed by atoms with Gasteiger partial charge in [0.2, 0.25) is 0 Å². The van der Waals surface area contributed by atoms with E-state index >= 15 is 0 Å². The van der Waals surface area contributed by atoms with Crippen molar-refractivity contribution in [3.05, 3.63) is 36.2 Å². The van der Waals surface area contributed by atoms with Gasteiger partial charge in [-0.15, -0.1) is 0 Å². The van der Waals surface area contributed by atoms with Gasteiger partial charge in [-0.05, 0) is 41.8 Å². The molecule has 4 N–H and O–H groups in total. The molecule has 5 nitrogen and oxygen atoms in total. The largest absolute Gasteiger partial charge is 0.768 e. The number of hydrogen-bond acceptors (Lipinski definition) is 5. The van der Waals surface area contributed by atoms with Crippen molar-refractivity contribution in [1.82, 2.24) is 0 Å². The SMILES string of the molecule is CCC(N)=CN(N)c1ccc(S(=O)[O-])cc1. The lowest BCUT2D eigenvalue weighted by Crippen LogP contribution is -2.25. The highest BCUT2D eigenvalue weighted by molar-refractivity contribution is 7.79. The summed E-state index contributed by atoms with van der Waals surface area (Å²) in [5.74, 6) is 5.72. The van der Waals surface area contributed by atoms with Gasteiger partial charge in [-0.3, -0.25) is 9.22 Å². The summed E-state index contributed by atoms with van der Waals surface area (Å²) in [5, 5.41) is 1.36. The smallest absolute Gasteiger partial charge is 0.0569 e. The maximum atomic E-state index is 10.6. The molecule has 0 fully saturated rings. The summed E-state index contributed by atoms with van der Waals surface area (Å²) >= 11 is -2.21. The van der Waals surface area contributed by atoms with Crippen LogP contribution in [0.4, 0.5) is 5.69 Å². The molecular weight excluding hydrogens is 226 g/mol. The lowest BCUT2D eigenvalue weighted by Gasteiger charge is -2.15. The number of nitrogens with zero attached hydrogens (tertiary/aromatic N) is 1. The van der Waals surface area contributed by atoms with Gasteiger partial charge < -0.3 is 10.3 Å². The first-order valence-electron chi connectivity index (χ1n) is 4.74. The quantitative estimate of drug-likeness (QED) is 0.461. The molecule has 0 saturated heterocycles. The van der Waals surface area contributed by atoms with E-state index in [0.29, 0.717) is 17.8 Å². The van der Waals surface area contributed by atoms with Crippen molar-refractivity contribution in [1.29, 1.82) is 0 Å². The highest BCUT2D eigenvalue weighted by Gasteiger charge is 1.99. The van der Waals surface area contributed by atoms with Crippen molar-refractivity contribution in [2.75, 3.05) is 5.01 Å². The summed E-state index contributed by atoms with van der Waals surface area (Å²) in [4.78, 5) is 0.226. The van der Waals surface area contributed by atoms with Crippen LogP contribution < -0.4 is 16.6 Å². The van der Waals surface area contributed by atoms with Gasteiger partial charge in [-0.1, -0.05) is 6.92 Å². The Morgan fingerprint density at radius 3 is 2.50 bits per heavy atom. The molecule has 1 rings (SSSR count). The van der Waals surface area contributed by atoms with Crippen LogP contribution in [-0.2, 0) is 11.1 Å². The van der Waals surface area contributed by atoms with E-state index in [4.69, 9.17) is 11.6 Å². The standard InChI is InChI=1S/C10H15N3O2S/c1-2-8(11)7-13(12)9-3-5-10(6-4-9)16(14)15/h3-7H,2,11-12H2,1H3,(H,14,15)/p-1. The fourth-order valence-corrected chi connectivity index (χ4v) is 1.43. The van der Waals surface area contributed by atoms with Crippen molar-refractivity contribution in [2.24, 2.45) is 11.6 Å². The Hall–Kier alpha value is -1.37. The predicted molar refractivity (Wildman–Crippen MR) is 62.9 cm³/mol. The van der Waals surface area contributed by atoms with Gasteiger partial charge in [0.05, 0.1) is 5.69 Å². The predicted octanol–water partition coefficient (Wildman–Crippen LogP) is 0.815. The molecule has 1 aromatic rings. The summed E-state index contributed by atoms with van der Waals surface area (Å²) in [5.41, 5.74) is 6.95. The molecule has 0 saturated carbocycles. The van der Waals surface area contributed by atoms with Crippen molar-refractivity contribution in [3.63, 3.8) is 0 Å².